The first kappa shape index (κ1) is 20.0. The number of rotatable bonds is 4. The van der Waals surface area contributed by atoms with Crippen molar-refractivity contribution >= 4 is 33.1 Å². The SMILES string of the molecule is Cc1cccc(-c2nc(C(C)C)no2)c1NC(=O)c1sc2ncn(C)c(=O)c2c1C. The molecule has 8 nitrogen and oxygen atoms in total. The van der Waals surface area contributed by atoms with Gasteiger partial charge in [0.2, 0.25) is 0 Å². The molecule has 4 aromatic rings. The van der Waals surface area contributed by atoms with Gasteiger partial charge in [-0.25, -0.2) is 4.98 Å². The largest absolute Gasteiger partial charge is 0.334 e. The van der Waals surface area contributed by atoms with Crippen LogP contribution in [0.5, 0.6) is 0 Å². The number of aryl methyl sites for hydroxylation is 3. The van der Waals surface area contributed by atoms with Crippen molar-refractivity contribution in [3.63, 3.8) is 0 Å². The second-order valence-corrected chi connectivity index (χ2v) is 8.46. The lowest BCUT2D eigenvalue weighted by atomic mass is 10.1. The standard InChI is InChI=1S/C21H21N5O3S/c1-10(2)17-24-19(29-25-17)13-8-6-7-11(3)15(13)23-18(27)16-12(4)14-20(30-16)22-9-26(5)21(14)28/h6-10H,1-5H3,(H,23,27). The maximum Gasteiger partial charge on any atom is 0.266 e. The number of carbonyl (C=O) groups is 1. The summed E-state index contributed by atoms with van der Waals surface area (Å²) in [5.74, 6) is 0.769. The van der Waals surface area contributed by atoms with Gasteiger partial charge in [-0.3, -0.25) is 9.59 Å². The zero-order chi connectivity index (χ0) is 21.6. The van der Waals surface area contributed by atoms with Crippen LogP contribution in [0.3, 0.4) is 0 Å². The molecule has 0 unspecified atom stereocenters. The Kier molecular flexibility index (Phi) is 4.98. The van der Waals surface area contributed by atoms with E-state index < -0.39 is 0 Å². The monoisotopic (exact) mass is 423 g/mol. The van der Waals surface area contributed by atoms with Gasteiger partial charge < -0.3 is 14.4 Å². The van der Waals surface area contributed by atoms with Crippen LogP contribution in [-0.4, -0.2) is 25.6 Å². The summed E-state index contributed by atoms with van der Waals surface area (Å²) in [5.41, 5.74) is 2.56. The number of anilines is 1. The second kappa shape index (κ2) is 7.49. The van der Waals surface area contributed by atoms with Gasteiger partial charge in [0.25, 0.3) is 17.4 Å². The molecule has 0 spiro atoms. The molecule has 1 amide bonds. The maximum atomic E-state index is 13.1. The smallest absolute Gasteiger partial charge is 0.266 e. The number of thiophene rings is 1. The summed E-state index contributed by atoms with van der Waals surface area (Å²) in [6, 6.07) is 5.60. The number of carbonyl (C=O) groups excluding carboxylic acids is 1. The van der Waals surface area contributed by atoms with E-state index in [1.165, 1.54) is 22.2 Å². The third-order valence-corrected chi connectivity index (χ3v) is 6.12. The van der Waals surface area contributed by atoms with Crippen LogP contribution in [0.25, 0.3) is 21.7 Å². The minimum Gasteiger partial charge on any atom is -0.334 e. The van der Waals surface area contributed by atoms with Crippen molar-refractivity contribution in [2.24, 2.45) is 7.05 Å². The minimum atomic E-state index is -0.309. The average Bonchev–Trinajstić information content (AvgIpc) is 3.32. The predicted octanol–water partition coefficient (Wildman–Crippen LogP) is 4.04. The van der Waals surface area contributed by atoms with E-state index in [0.29, 0.717) is 43.6 Å². The molecule has 0 aliphatic carbocycles. The summed E-state index contributed by atoms with van der Waals surface area (Å²) >= 11 is 1.20. The molecule has 1 aromatic carbocycles. The number of para-hydroxylation sites is 1. The summed E-state index contributed by atoms with van der Waals surface area (Å²) < 4.78 is 6.84. The van der Waals surface area contributed by atoms with Gasteiger partial charge in [-0.2, -0.15) is 4.98 Å². The Morgan fingerprint density at radius 3 is 2.73 bits per heavy atom. The number of benzene rings is 1. The number of amides is 1. The first-order valence-corrected chi connectivity index (χ1v) is 10.3. The number of nitrogens with one attached hydrogen (secondary N) is 1. The van der Waals surface area contributed by atoms with Gasteiger partial charge in [0, 0.05) is 13.0 Å². The van der Waals surface area contributed by atoms with Crippen molar-refractivity contribution in [2.45, 2.75) is 33.6 Å². The van der Waals surface area contributed by atoms with E-state index in [9.17, 15) is 9.59 Å². The van der Waals surface area contributed by atoms with Crippen molar-refractivity contribution in [1.29, 1.82) is 0 Å². The Morgan fingerprint density at radius 1 is 1.27 bits per heavy atom. The van der Waals surface area contributed by atoms with Crippen LogP contribution in [-0.2, 0) is 7.05 Å². The molecule has 0 aliphatic rings. The highest BCUT2D eigenvalue weighted by Gasteiger charge is 2.22. The first-order chi connectivity index (χ1) is 14.3. The van der Waals surface area contributed by atoms with E-state index in [1.54, 1.807) is 14.0 Å². The first-order valence-electron chi connectivity index (χ1n) is 9.47. The van der Waals surface area contributed by atoms with Gasteiger partial charge in [-0.1, -0.05) is 31.1 Å². The molecule has 3 aromatic heterocycles. The van der Waals surface area contributed by atoms with Crippen molar-refractivity contribution in [3.05, 3.63) is 56.7 Å². The Bertz CT molecular complexity index is 1330. The lowest BCUT2D eigenvalue weighted by Gasteiger charge is -2.11. The van der Waals surface area contributed by atoms with Gasteiger partial charge in [-0.15, -0.1) is 11.3 Å². The van der Waals surface area contributed by atoms with Crippen LogP contribution in [0, 0.1) is 13.8 Å². The number of nitrogens with zero attached hydrogens (tertiary/aromatic N) is 4. The summed E-state index contributed by atoms with van der Waals surface area (Å²) in [6.45, 7) is 7.63. The zero-order valence-corrected chi connectivity index (χ0v) is 18.1. The van der Waals surface area contributed by atoms with Crippen molar-refractivity contribution < 1.29 is 9.32 Å². The van der Waals surface area contributed by atoms with Gasteiger partial charge in [0.1, 0.15) is 4.83 Å². The molecule has 0 atom stereocenters. The lowest BCUT2D eigenvalue weighted by Crippen LogP contribution is -2.17. The van der Waals surface area contributed by atoms with Gasteiger partial charge in [0.05, 0.1) is 27.8 Å². The van der Waals surface area contributed by atoms with Crippen molar-refractivity contribution in [1.82, 2.24) is 19.7 Å². The molecule has 1 N–H and O–H groups in total. The molecule has 0 saturated heterocycles. The van der Waals surface area contributed by atoms with E-state index >= 15 is 0 Å². The van der Waals surface area contributed by atoms with Crippen molar-refractivity contribution in [3.8, 4) is 11.5 Å². The quantitative estimate of drug-likeness (QED) is 0.531. The van der Waals surface area contributed by atoms with Gasteiger partial charge >= 0.3 is 0 Å². The molecule has 0 aliphatic heterocycles. The van der Waals surface area contributed by atoms with Crippen LogP contribution >= 0.6 is 11.3 Å². The molecule has 0 bridgehead atoms. The van der Waals surface area contributed by atoms with E-state index in [1.807, 2.05) is 39.0 Å². The fourth-order valence-electron chi connectivity index (χ4n) is 3.19. The summed E-state index contributed by atoms with van der Waals surface area (Å²) in [7, 11) is 1.64. The highest BCUT2D eigenvalue weighted by Crippen LogP contribution is 2.33. The molecular weight excluding hydrogens is 402 g/mol. The van der Waals surface area contributed by atoms with E-state index in [-0.39, 0.29) is 17.4 Å². The average molecular weight is 423 g/mol. The van der Waals surface area contributed by atoms with Crippen LogP contribution < -0.4 is 10.9 Å². The Hall–Kier alpha value is -3.33. The maximum absolute atomic E-state index is 13.1. The number of hydrogen-bond donors (Lipinski definition) is 1. The molecule has 4 rings (SSSR count). The molecule has 3 heterocycles. The van der Waals surface area contributed by atoms with Gasteiger partial charge in [0.15, 0.2) is 5.82 Å². The fourth-order valence-corrected chi connectivity index (χ4v) is 4.22. The van der Waals surface area contributed by atoms with Crippen LogP contribution in [0.4, 0.5) is 5.69 Å². The van der Waals surface area contributed by atoms with E-state index in [0.717, 1.165) is 5.56 Å². The lowest BCUT2D eigenvalue weighted by molar-refractivity contribution is 0.103. The highest BCUT2D eigenvalue weighted by molar-refractivity contribution is 7.20. The van der Waals surface area contributed by atoms with Gasteiger partial charge in [-0.05, 0) is 31.0 Å². The number of hydrogen-bond acceptors (Lipinski definition) is 7. The third kappa shape index (κ3) is 3.30. The summed E-state index contributed by atoms with van der Waals surface area (Å²) in [6.07, 6.45) is 1.46. The normalized spacial score (nSPS) is 11.4. The van der Waals surface area contributed by atoms with Crippen molar-refractivity contribution in [2.75, 3.05) is 5.32 Å². The molecule has 9 heteroatoms. The molecule has 0 fully saturated rings. The topological polar surface area (TPSA) is 103 Å². The van der Waals surface area contributed by atoms with Crippen LogP contribution in [0.1, 0.15) is 46.4 Å². The molecule has 154 valence electrons. The van der Waals surface area contributed by atoms with E-state index in [4.69, 9.17) is 4.52 Å². The summed E-state index contributed by atoms with van der Waals surface area (Å²) in [5, 5.41) is 7.46. The Morgan fingerprint density at radius 2 is 2.03 bits per heavy atom. The Balaban J connectivity index is 1.76. The molecule has 0 radical (unpaired) electrons. The second-order valence-electron chi connectivity index (χ2n) is 7.46. The molecule has 0 saturated carbocycles. The molecule has 30 heavy (non-hydrogen) atoms. The summed E-state index contributed by atoms with van der Waals surface area (Å²) in [4.78, 5) is 35.3. The number of fused-ring (bicyclic) bond motifs is 1. The Labute approximate surface area is 176 Å². The fraction of sp³-hybridized carbons (Fsp3) is 0.286. The highest BCUT2D eigenvalue weighted by atomic mass is 32.1. The van der Waals surface area contributed by atoms with Crippen LogP contribution in [0.15, 0.2) is 33.8 Å². The predicted molar refractivity (Wildman–Crippen MR) is 116 cm³/mol. The molecular formula is C21H21N5O3S. The zero-order valence-electron chi connectivity index (χ0n) is 17.3. The minimum absolute atomic E-state index is 0.127. The third-order valence-electron chi connectivity index (χ3n) is 4.92. The number of aromatic nitrogens is 4. The van der Waals surface area contributed by atoms with E-state index in [2.05, 4.69) is 20.4 Å². The van der Waals surface area contributed by atoms with Crippen LogP contribution in [0.2, 0.25) is 0 Å².